The molecule has 1 fully saturated rings. The number of thiophene rings is 1. The number of nitrogens with one attached hydrogen (secondary N) is 1. The van der Waals surface area contributed by atoms with Crippen LogP contribution in [0.2, 0.25) is 0 Å². The van der Waals surface area contributed by atoms with Gasteiger partial charge in [-0.15, -0.1) is 22.9 Å². The molecule has 102 valence electrons. The van der Waals surface area contributed by atoms with Gasteiger partial charge in [0.25, 0.3) is 0 Å². The van der Waals surface area contributed by atoms with Crippen molar-refractivity contribution in [1.82, 2.24) is 4.72 Å². The second-order valence-corrected chi connectivity index (χ2v) is 9.48. The Bertz CT molecular complexity index is 537. The van der Waals surface area contributed by atoms with Crippen molar-refractivity contribution in [2.45, 2.75) is 31.1 Å². The van der Waals surface area contributed by atoms with E-state index in [2.05, 4.69) is 20.7 Å². The summed E-state index contributed by atoms with van der Waals surface area (Å²) in [6.45, 7) is 2.31. The molecular formula is C11H15BrClNO2S2. The normalized spacial score (nSPS) is 17.9. The van der Waals surface area contributed by atoms with Crippen molar-refractivity contribution in [3.63, 3.8) is 0 Å². The monoisotopic (exact) mass is 371 g/mol. The number of aryl methyl sites for hydroxylation is 1. The van der Waals surface area contributed by atoms with Crippen LogP contribution in [0.3, 0.4) is 0 Å². The molecule has 0 unspecified atom stereocenters. The van der Waals surface area contributed by atoms with E-state index in [9.17, 15) is 8.42 Å². The van der Waals surface area contributed by atoms with Gasteiger partial charge in [-0.2, -0.15) is 0 Å². The average Bonchev–Trinajstić information content (AvgIpc) is 2.96. The summed E-state index contributed by atoms with van der Waals surface area (Å²) in [5, 5.41) is 0. The molecule has 0 bridgehead atoms. The van der Waals surface area contributed by atoms with E-state index in [-0.39, 0.29) is 5.41 Å². The van der Waals surface area contributed by atoms with Crippen molar-refractivity contribution in [3.8, 4) is 0 Å². The molecule has 1 N–H and O–H groups in total. The summed E-state index contributed by atoms with van der Waals surface area (Å²) in [6, 6.07) is 1.66. The fraction of sp³-hybridized carbons (Fsp3) is 0.636. The second kappa shape index (κ2) is 5.40. The molecule has 1 heterocycles. The lowest BCUT2D eigenvalue weighted by Crippen LogP contribution is -2.30. The second-order valence-electron chi connectivity index (χ2n) is 4.73. The Labute approximate surface area is 125 Å². The summed E-state index contributed by atoms with van der Waals surface area (Å²) in [5.41, 5.74) is 0.107. The maximum absolute atomic E-state index is 12.2. The topological polar surface area (TPSA) is 46.2 Å². The summed E-state index contributed by atoms with van der Waals surface area (Å²) in [5.74, 6) is 0.588. The van der Waals surface area contributed by atoms with Gasteiger partial charge in [-0.05, 0) is 53.6 Å². The Morgan fingerprint density at radius 1 is 1.56 bits per heavy atom. The van der Waals surface area contributed by atoms with E-state index in [4.69, 9.17) is 11.6 Å². The molecule has 0 saturated heterocycles. The minimum Gasteiger partial charge on any atom is -0.211 e. The minimum absolute atomic E-state index is 0.107. The highest BCUT2D eigenvalue weighted by Crippen LogP contribution is 2.48. The number of halogens is 2. The van der Waals surface area contributed by atoms with Crippen molar-refractivity contribution >= 4 is 48.9 Å². The van der Waals surface area contributed by atoms with Gasteiger partial charge in [0, 0.05) is 17.3 Å². The van der Waals surface area contributed by atoms with Crippen LogP contribution in [0.15, 0.2) is 14.7 Å². The van der Waals surface area contributed by atoms with Crippen LogP contribution < -0.4 is 4.72 Å². The van der Waals surface area contributed by atoms with E-state index in [0.29, 0.717) is 17.3 Å². The Morgan fingerprint density at radius 3 is 2.67 bits per heavy atom. The smallest absolute Gasteiger partial charge is 0.211 e. The van der Waals surface area contributed by atoms with Crippen molar-refractivity contribution in [1.29, 1.82) is 0 Å². The van der Waals surface area contributed by atoms with E-state index in [1.165, 1.54) is 11.3 Å². The minimum atomic E-state index is -3.39. The first kappa shape index (κ1) is 14.8. The van der Waals surface area contributed by atoms with Gasteiger partial charge in [0.05, 0.1) is 8.68 Å². The molecular weight excluding hydrogens is 358 g/mol. The van der Waals surface area contributed by atoms with E-state index < -0.39 is 10.0 Å². The van der Waals surface area contributed by atoms with E-state index >= 15 is 0 Å². The third-order valence-corrected chi connectivity index (χ3v) is 6.75. The largest absolute Gasteiger partial charge is 0.241 e. The molecule has 0 amide bonds. The molecule has 0 aliphatic heterocycles. The van der Waals surface area contributed by atoms with Crippen LogP contribution >= 0.6 is 38.9 Å². The lowest BCUT2D eigenvalue weighted by Gasteiger charge is -2.14. The molecule has 18 heavy (non-hydrogen) atoms. The molecule has 1 aliphatic rings. The summed E-state index contributed by atoms with van der Waals surface area (Å²) < 4.78 is 27.9. The van der Waals surface area contributed by atoms with Crippen LogP contribution in [0.25, 0.3) is 0 Å². The van der Waals surface area contributed by atoms with Crippen molar-refractivity contribution in [2.24, 2.45) is 5.41 Å². The van der Waals surface area contributed by atoms with E-state index in [1.807, 2.05) is 6.92 Å². The van der Waals surface area contributed by atoms with Gasteiger partial charge >= 0.3 is 0 Å². The van der Waals surface area contributed by atoms with Gasteiger partial charge in [-0.25, -0.2) is 13.1 Å². The van der Waals surface area contributed by atoms with Crippen LogP contribution in [-0.4, -0.2) is 20.8 Å². The first-order chi connectivity index (χ1) is 8.38. The summed E-state index contributed by atoms with van der Waals surface area (Å²) in [7, 11) is -3.39. The zero-order chi connectivity index (χ0) is 13.4. The molecule has 3 nitrogen and oxygen atoms in total. The first-order valence-electron chi connectivity index (χ1n) is 5.70. The van der Waals surface area contributed by atoms with E-state index in [1.54, 1.807) is 6.07 Å². The molecule has 0 spiro atoms. The summed E-state index contributed by atoms with van der Waals surface area (Å²) in [4.78, 5) is 1.18. The highest BCUT2D eigenvalue weighted by atomic mass is 79.9. The van der Waals surface area contributed by atoms with E-state index in [0.717, 1.165) is 27.9 Å². The van der Waals surface area contributed by atoms with Gasteiger partial charge in [0.2, 0.25) is 10.0 Å². The lowest BCUT2D eigenvalue weighted by molar-refractivity contribution is 0.478. The van der Waals surface area contributed by atoms with Crippen molar-refractivity contribution < 1.29 is 8.42 Å². The molecule has 1 aromatic heterocycles. The molecule has 1 aliphatic carbocycles. The Balaban J connectivity index is 2.06. The molecule has 1 aromatic rings. The molecule has 0 atom stereocenters. The van der Waals surface area contributed by atoms with Gasteiger partial charge in [0.15, 0.2) is 0 Å². The highest BCUT2D eigenvalue weighted by Gasteiger charge is 2.42. The fourth-order valence-corrected chi connectivity index (χ4v) is 5.89. The Hall–Kier alpha value is 0.380. The van der Waals surface area contributed by atoms with Gasteiger partial charge in [-0.1, -0.05) is 0 Å². The zero-order valence-electron chi connectivity index (χ0n) is 10.0. The maximum Gasteiger partial charge on any atom is 0.241 e. The average molecular weight is 373 g/mol. The van der Waals surface area contributed by atoms with Crippen molar-refractivity contribution in [2.75, 3.05) is 12.4 Å². The SMILES string of the molecule is Cc1sc(Br)cc1S(=O)(=O)NCC1(CCCl)CC1. The standard InChI is InChI=1S/C11H15BrClNO2S2/c1-8-9(6-10(12)17-8)18(15,16)14-7-11(2-3-11)4-5-13/h6,14H,2-5,7H2,1H3. The van der Waals surface area contributed by atoms with Crippen LogP contribution in [0.4, 0.5) is 0 Å². The Morgan fingerprint density at radius 2 is 2.22 bits per heavy atom. The van der Waals surface area contributed by atoms with Crippen LogP contribution in [0.5, 0.6) is 0 Å². The van der Waals surface area contributed by atoms with Gasteiger partial charge in [0.1, 0.15) is 0 Å². The number of rotatable bonds is 6. The number of hydrogen-bond donors (Lipinski definition) is 1. The number of hydrogen-bond acceptors (Lipinski definition) is 3. The molecule has 0 radical (unpaired) electrons. The third kappa shape index (κ3) is 3.28. The fourth-order valence-electron chi connectivity index (χ4n) is 1.92. The summed E-state index contributed by atoms with van der Waals surface area (Å²) >= 11 is 10.5. The van der Waals surface area contributed by atoms with Crippen molar-refractivity contribution in [3.05, 3.63) is 14.7 Å². The predicted octanol–water partition coefficient (Wildman–Crippen LogP) is 3.51. The van der Waals surface area contributed by atoms with Crippen LogP contribution in [-0.2, 0) is 10.0 Å². The van der Waals surface area contributed by atoms with Crippen LogP contribution in [0.1, 0.15) is 24.1 Å². The third-order valence-electron chi connectivity index (χ3n) is 3.35. The first-order valence-corrected chi connectivity index (χ1v) is 9.33. The van der Waals surface area contributed by atoms with Gasteiger partial charge < -0.3 is 0 Å². The highest BCUT2D eigenvalue weighted by molar-refractivity contribution is 9.11. The molecule has 7 heteroatoms. The predicted molar refractivity (Wildman–Crippen MR) is 78.9 cm³/mol. The number of sulfonamides is 1. The Kier molecular flexibility index (Phi) is 4.44. The molecule has 2 rings (SSSR count). The molecule has 0 aromatic carbocycles. The summed E-state index contributed by atoms with van der Waals surface area (Å²) in [6.07, 6.45) is 3.01. The zero-order valence-corrected chi connectivity index (χ0v) is 14.0. The number of alkyl halides is 1. The maximum atomic E-state index is 12.2. The van der Waals surface area contributed by atoms with Gasteiger partial charge in [-0.3, -0.25) is 0 Å². The quantitative estimate of drug-likeness (QED) is 0.777. The molecule has 1 saturated carbocycles. The van der Waals surface area contributed by atoms with Crippen LogP contribution in [0, 0.1) is 12.3 Å². The lowest BCUT2D eigenvalue weighted by atomic mass is 10.1.